The van der Waals surface area contributed by atoms with Gasteiger partial charge in [-0.2, -0.15) is 13.2 Å². The minimum atomic E-state index is -4.38. The molecule has 0 unspecified atom stereocenters. The second kappa shape index (κ2) is 6.17. The zero-order valence-electron chi connectivity index (χ0n) is 10.9. The summed E-state index contributed by atoms with van der Waals surface area (Å²) in [6, 6.07) is 9.28. The first-order chi connectivity index (χ1) is 9.84. The first-order valence-corrected chi connectivity index (χ1v) is 6.75. The van der Waals surface area contributed by atoms with Gasteiger partial charge in [-0.15, -0.1) is 0 Å². The molecule has 0 aliphatic carbocycles. The maximum atomic E-state index is 12.4. The Morgan fingerprint density at radius 1 is 1.14 bits per heavy atom. The normalized spacial score (nSPS) is 11.2. The fourth-order valence-corrected chi connectivity index (χ4v) is 2.29. The highest BCUT2D eigenvalue weighted by atomic mass is 32.2. The van der Waals surface area contributed by atoms with Gasteiger partial charge >= 0.3 is 6.18 Å². The monoisotopic (exact) mass is 312 g/mol. The van der Waals surface area contributed by atoms with Crippen LogP contribution in [0.25, 0.3) is 0 Å². The molecular formula is C14H11F3N2OS. The van der Waals surface area contributed by atoms with Crippen molar-refractivity contribution in [1.29, 1.82) is 0 Å². The van der Waals surface area contributed by atoms with Gasteiger partial charge in [0.25, 0.3) is 0 Å². The molecule has 0 saturated carbocycles. The van der Waals surface area contributed by atoms with Crippen LogP contribution in [0.5, 0.6) is 0 Å². The Balaban J connectivity index is 2.06. The van der Waals surface area contributed by atoms with Gasteiger partial charge in [0.05, 0.1) is 5.56 Å². The van der Waals surface area contributed by atoms with Crippen LogP contribution in [0.15, 0.2) is 52.5 Å². The number of nitrogens with one attached hydrogen (secondary N) is 1. The van der Waals surface area contributed by atoms with Gasteiger partial charge in [-0.25, -0.2) is 4.98 Å². The van der Waals surface area contributed by atoms with Gasteiger partial charge in [-0.05, 0) is 36.4 Å². The van der Waals surface area contributed by atoms with Crippen molar-refractivity contribution in [2.45, 2.75) is 23.0 Å². The lowest BCUT2D eigenvalue weighted by molar-refractivity contribution is -0.137. The number of carbonyl (C=O) groups excluding carboxylic acids is 1. The van der Waals surface area contributed by atoms with Crippen molar-refractivity contribution in [3.8, 4) is 0 Å². The summed E-state index contributed by atoms with van der Waals surface area (Å²) >= 11 is 1.24. The predicted octanol–water partition coefficient (Wildman–Crippen LogP) is 4.21. The number of aromatic nitrogens is 1. The van der Waals surface area contributed by atoms with E-state index in [1.165, 1.54) is 24.8 Å². The molecule has 3 nitrogen and oxygen atoms in total. The summed E-state index contributed by atoms with van der Waals surface area (Å²) < 4.78 is 37.2. The average molecular weight is 312 g/mol. The predicted molar refractivity (Wildman–Crippen MR) is 74.1 cm³/mol. The molecule has 0 saturated heterocycles. The van der Waals surface area contributed by atoms with Crippen LogP contribution in [0.4, 0.5) is 18.9 Å². The molecule has 1 N–H and O–H groups in total. The summed E-state index contributed by atoms with van der Waals surface area (Å²) in [7, 11) is 0. The van der Waals surface area contributed by atoms with Crippen molar-refractivity contribution in [3.05, 3.63) is 48.2 Å². The Morgan fingerprint density at radius 2 is 1.81 bits per heavy atom. The summed E-state index contributed by atoms with van der Waals surface area (Å²) in [5.74, 6) is -0.167. The first-order valence-electron chi connectivity index (χ1n) is 5.93. The Bertz CT molecular complexity index is 624. The van der Waals surface area contributed by atoms with E-state index < -0.39 is 11.7 Å². The molecule has 21 heavy (non-hydrogen) atoms. The van der Waals surface area contributed by atoms with E-state index in [4.69, 9.17) is 0 Å². The van der Waals surface area contributed by atoms with Gasteiger partial charge in [-0.1, -0.05) is 11.8 Å². The lowest BCUT2D eigenvalue weighted by atomic mass is 10.3. The third-order valence-corrected chi connectivity index (χ3v) is 3.42. The summed E-state index contributed by atoms with van der Waals surface area (Å²) in [6.07, 6.45) is -3.57. The Morgan fingerprint density at radius 3 is 2.29 bits per heavy atom. The zero-order valence-corrected chi connectivity index (χ0v) is 11.8. The van der Waals surface area contributed by atoms with Gasteiger partial charge in [0.2, 0.25) is 5.91 Å². The van der Waals surface area contributed by atoms with E-state index in [9.17, 15) is 18.0 Å². The minimum Gasteiger partial charge on any atom is -0.326 e. The average Bonchev–Trinajstić information content (AvgIpc) is 2.40. The van der Waals surface area contributed by atoms with E-state index in [1.54, 1.807) is 24.3 Å². The number of benzene rings is 1. The van der Waals surface area contributed by atoms with E-state index in [0.717, 1.165) is 17.2 Å². The molecule has 110 valence electrons. The molecule has 0 atom stereocenters. The van der Waals surface area contributed by atoms with Crippen molar-refractivity contribution in [3.63, 3.8) is 0 Å². The maximum Gasteiger partial charge on any atom is 0.417 e. The summed E-state index contributed by atoms with van der Waals surface area (Å²) in [6.45, 7) is 1.41. The van der Waals surface area contributed by atoms with Crippen molar-refractivity contribution in [2.24, 2.45) is 0 Å². The molecule has 1 aromatic carbocycles. The van der Waals surface area contributed by atoms with E-state index in [0.29, 0.717) is 10.7 Å². The fraction of sp³-hybridized carbons (Fsp3) is 0.143. The smallest absolute Gasteiger partial charge is 0.326 e. The van der Waals surface area contributed by atoms with Crippen LogP contribution in [0.3, 0.4) is 0 Å². The number of alkyl halides is 3. The first kappa shape index (κ1) is 15.4. The number of halogens is 3. The number of hydrogen-bond acceptors (Lipinski definition) is 3. The molecule has 0 radical (unpaired) electrons. The molecule has 1 amide bonds. The SMILES string of the molecule is CC(=O)Nc1ccc(Sc2ccc(C(F)(F)F)cn2)cc1. The number of amides is 1. The summed E-state index contributed by atoms with van der Waals surface area (Å²) in [4.78, 5) is 15.5. The lowest BCUT2D eigenvalue weighted by Gasteiger charge is -2.07. The van der Waals surface area contributed by atoms with Crippen molar-refractivity contribution < 1.29 is 18.0 Å². The number of nitrogens with zero attached hydrogens (tertiary/aromatic N) is 1. The number of pyridine rings is 1. The highest BCUT2D eigenvalue weighted by Gasteiger charge is 2.30. The van der Waals surface area contributed by atoms with Crippen LogP contribution in [0.2, 0.25) is 0 Å². The highest BCUT2D eigenvalue weighted by molar-refractivity contribution is 7.99. The molecule has 0 aliphatic rings. The van der Waals surface area contributed by atoms with Gasteiger partial charge in [0, 0.05) is 23.7 Å². The maximum absolute atomic E-state index is 12.4. The molecular weight excluding hydrogens is 301 g/mol. The van der Waals surface area contributed by atoms with Crippen LogP contribution >= 0.6 is 11.8 Å². The quantitative estimate of drug-likeness (QED) is 0.923. The largest absolute Gasteiger partial charge is 0.417 e. The standard InChI is InChI=1S/C14H11F3N2OS/c1-9(20)19-11-3-5-12(6-4-11)21-13-7-2-10(8-18-13)14(15,16)17/h2-8H,1H3,(H,19,20). The minimum absolute atomic E-state index is 0.167. The summed E-state index contributed by atoms with van der Waals surface area (Å²) in [5.41, 5.74) is -0.111. The molecule has 7 heteroatoms. The van der Waals surface area contributed by atoms with Crippen LogP contribution in [-0.2, 0) is 11.0 Å². The molecule has 2 aromatic rings. The molecule has 0 fully saturated rings. The van der Waals surface area contributed by atoms with Crippen molar-refractivity contribution >= 4 is 23.4 Å². The Hall–Kier alpha value is -2.02. The summed E-state index contributed by atoms with van der Waals surface area (Å²) in [5, 5.41) is 3.10. The van der Waals surface area contributed by atoms with E-state index in [-0.39, 0.29) is 5.91 Å². The van der Waals surface area contributed by atoms with E-state index in [1.807, 2.05) is 0 Å². The third kappa shape index (κ3) is 4.49. The number of anilines is 1. The second-order valence-corrected chi connectivity index (χ2v) is 5.28. The molecule has 0 spiro atoms. The van der Waals surface area contributed by atoms with Crippen molar-refractivity contribution in [2.75, 3.05) is 5.32 Å². The second-order valence-electron chi connectivity index (χ2n) is 4.19. The molecule has 0 bridgehead atoms. The van der Waals surface area contributed by atoms with E-state index >= 15 is 0 Å². The molecule has 0 aliphatic heterocycles. The van der Waals surface area contributed by atoms with Crippen LogP contribution in [0.1, 0.15) is 12.5 Å². The number of hydrogen-bond donors (Lipinski definition) is 1. The Labute approximate surface area is 123 Å². The third-order valence-electron chi connectivity index (χ3n) is 2.46. The fourth-order valence-electron chi connectivity index (χ4n) is 1.54. The molecule has 1 heterocycles. The van der Waals surface area contributed by atoms with Crippen LogP contribution in [0, 0.1) is 0 Å². The molecule has 1 aromatic heterocycles. The van der Waals surface area contributed by atoms with Gasteiger partial charge < -0.3 is 5.32 Å². The number of rotatable bonds is 3. The topological polar surface area (TPSA) is 42.0 Å². The van der Waals surface area contributed by atoms with Crippen molar-refractivity contribution in [1.82, 2.24) is 4.98 Å². The van der Waals surface area contributed by atoms with Crippen LogP contribution in [-0.4, -0.2) is 10.9 Å². The number of carbonyl (C=O) groups is 1. The van der Waals surface area contributed by atoms with Gasteiger partial charge in [-0.3, -0.25) is 4.79 Å². The van der Waals surface area contributed by atoms with Gasteiger partial charge in [0.15, 0.2) is 0 Å². The zero-order chi connectivity index (χ0) is 15.5. The highest BCUT2D eigenvalue weighted by Crippen LogP contribution is 2.31. The Kier molecular flexibility index (Phi) is 4.52. The van der Waals surface area contributed by atoms with Gasteiger partial charge in [0.1, 0.15) is 5.03 Å². The van der Waals surface area contributed by atoms with Crippen LogP contribution < -0.4 is 5.32 Å². The lowest BCUT2D eigenvalue weighted by Crippen LogP contribution is -2.05. The molecule has 2 rings (SSSR count). The van der Waals surface area contributed by atoms with E-state index in [2.05, 4.69) is 10.3 Å².